The Hall–Kier alpha value is -2.89. The number of phenols is 1. The van der Waals surface area contributed by atoms with E-state index < -0.39 is 11.5 Å². The second-order valence-electron chi connectivity index (χ2n) is 5.12. The molecule has 0 unspecified atom stereocenters. The summed E-state index contributed by atoms with van der Waals surface area (Å²) in [5.41, 5.74) is 0.263. The van der Waals surface area contributed by atoms with Gasteiger partial charge in [-0.3, -0.25) is 14.6 Å². The third kappa shape index (κ3) is 3.22. The molecule has 0 aliphatic rings. The standard InChI is InChI=1S/C18H19NO5/c1-4-5-12(20)15-13(23-2)10-14(24-3)16(18(15)22)17(21)11-6-8-19-9-7-11/h6-10,22H,4-5H2,1-3H3. The summed E-state index contributed by atoms with van der Waals surface area (Å²) in [4.78, 5) is 29.0. The summed E-state index contributed by atoms with van der Waals surface area (Å²) in [6.07, 6.45) is 3.80. The average molecular weight is 329 g/mol. The number of pyridine rings is 1. The lowest BCUT2D eigenvalue weighted by Gasteiger charge is -2.16. The van der Waals surface area contributed by atoms with E-state index >= 15 is 0 Å². The van der Waals surface area contributed by atoms with Crippen LogP contribution in [0.2, 0.25) is 0 Å². The smallest absolute Gasteiger partial charge is 0.200 e. The van der Waals surface area contributed by atoms with E-state index in [1.165, 1.54) is 44.8 Å². The van der Waals surface area contributed by atoms with Gasteiger partial charge in [-0.1, -0.05) is 6.92 Å². The second-order valence-corrected chi connectivity index (χ2v) is 5.12. The first-order chi connectivity index (χ1) is 11.5. The molecule has 24 heavy (non-hydrogen) atoms. The molecule has 0 atom stereocenters. The molecule has 0 amide bonds. The molecule has 6 heteroatoms. The molecule has 0 spiro atoms. The Labute approximate surface area is 140 Å². The van der Waals surface area contributed by atoms with Crippen molar-refractivity contribution >= 4 is 11.6 Å². The third-order valence-corrected chi connectivity index (χ3v) is 3.59. The summed E-state index contributed by atoms with van der Waals surface area (Å²) < 4.78 is 10.4. The average Bonchev–Trinajstić information content (AvgIpc) is 2.61. The zero-order chi connectivity index (χ0) is 17.7. The number of nitrogens with zero attached hydrogens (tertiary/aromatic N) is 1. The predicted octanol–water partition coefficient (Wildman–Crippen LogP) is 3.02. The fraction of sp³-hybridized carbons (Fsp3) is 0.278. The number of carbonyl (C=O) groups is 2. The minimum atomic E-state index is -0.458. The van der Waals surface area contributed by atoms with Crippen molar-refractivity contribution in [3.05, 3.63) is 47.3 Å². The van der Waals surface area contributed by atoms with E-state index in [2.05, 4.69) is 4.98 Å². The van der Waals surface area contributed by atoms with Gasteiger partial charge in [-0.25, -0.2) is 0 Å². The van der Waals surface area contributed by atoms with Crippen LogP contribution in [0.3, 0.4) is 0 Å². The molecule has 6 nitrogen and oxygen atoms in total. The number of ketones is 2. The van der Waals surface area contributed by atoms with Crippen molar-refractivity contribution < 1.29 is 24.2 Å². The van der Waals surface area contributed by atoms with Gasteiger partial charge >= 0.3 is 0 Å². The number of aromatic hydroxyl groups is 1. The summed E-state index contributed by atoms with van der Waals surface area (Å²) in [6.45, 7) is 1.86. The Balaban J connectivity index is 2.68. The summed E-state index contributed by atoms with van der Waals surface area (Å²) in [5.74, 6) is -0.863. The van der Waals surface area contributed by atoms with E-state index in [-0.39, 0.29) is 34.8 Å². The number of carbonyl (C=O) groups excluding carboxylic acids is 2. The van der Waals surface area contributed by atoms with Crippen molar-refractivity contribution in [3.63, 3.8) is 0 Å². The molecule has 1 N–H and O–H groups in total. The predicted molar refractivity (Wildman–Crippen MR) is 88.1 cm³/mol. The van der Waals surface area contributed by atoms with Crippen LogP contribution in [0.4, 0.5) is 0 Å². The molecular formula is C18H19NO5. The Morgan fingerprint density at radius 3 is 2.21 bits per heavy atom. The molecule has 1 heterocycles. The quantitative estimate of drug-likeness (QED) is 0.786. The number of aromatic nitrogens is 1. The Morgan fingerprint density at radius 1 is 1.08 bits per heavy atom. The summed E-state index contributed by atoms with van der Waals surface area (Å²) in [7, 11) is 2.77. The molecule has 0 aliphatic heterocycles. The molecule has 0 radical (unpaired) electrons. The Bertz CT molecular complexity index is 756. The van der Waals surface area contributed by atoms with Crippen molar-refractivity contribution in [2.24, 2.45) is 0 Å². The SMILES string of the molecule is CCCC(=O)c1c(OC)cc(OC)c(C(=O)c2ccncc2)c1O. The lowest BCUT2D eigenvalue weighted by molar-refractivity contribution is 0.0976. The summed E-state index contributed by atoms with van der Waals surface area (Å²) in [5, 5.41) is 10.6. The van der Waals surface area contributed by atoms with E-state index in [4.69, 9.17) is 9.47 Å². The van der Waals surface area contributed by atoms with Gasteiger partial charge in [0.1, 0.15) is 28.4 Å². The summed E-state index contributed by atoms with van der Waals surface area (Å²) in [6, 6.07) is 4.50. The van der Waals surface area contributed by atoms with Gasteiger partial charge in [0.2, 0.25) is 5.78 Å². The molecular weight excluding hydrogens is 310 g/mol. The number of hydrogen-bond acceptors (Lipinski definition) is 6. The molecule has 0 fully saturated rings. The lowest BCUT2D eigenvalue weighted by Crippen LogP contribution is -2.10. The molecule has 1 aromatic heterocycles. The zero-order valence-electron chi connectivity index (χ0n) is 13.8. The maximum atomic E-state index is 12.8. The third-order valence-electron chi connectivity index (χ3n) is 3.59. The lowest BCUT2D eigenvalue weighted by atomic mass is 9.95. The van der Waals surface area contributed by atoms with Crippen LogP contribution in [-0.4, -0.2) is 35.9 Å². The highest BCUT2D eigenvalue weighted by atomic mass is 16.5. The number of benzene rings is 1. The molecule has 126 valence electrons. The topological polar surface area (TPSA) is 85.7 Å². The van der Waals surface area contributed by atoms with Crippen molar-refractivity contribution in [1.29, 1.82) is 0 Å². The van der Waals surface area contributed by atoms with Crippen molar-refractivity contribution in [2.45, 2.75) is 19.8 Å². The Kier molecular flexibility index (Phi) is 5.52. The minimum absolute atomic E-state index is 0.00226. The van der Waals surface area contributed by atoms with Crippen LogP contribution in [0.1, 0.15) is 46.0 Å². The zero-order valence-corrected chi connectivity index (χ0v) is 13.8. The number of rotatable bonds is 7. The van der Waals surface area contributed by atoms with Gasteiger partial charge in [0.05, 0.1) is 14.2 Å². The van der Waals surface area contributed by atoms with Gasteiger partial charge in [0, 0.05) is 30.4 Å². The van der Waals surface area contributed by atoms with Gasteiger partial charge < -0.3 is 14.6 Å². The van der Waals surface area contributed by atoms with Crippen molar-refractivity contribution in [2.75, 3.05) is 14.2 Å². The van der Waals surface area contributed by atoms with Gasteiger partial charge in [0.25, 0.3) is 0 Å². The highest BCUT2D eigenvalue weighted by molar-refractivity contribution is 6.15. The number of methoxy groups -OCH3 is 2. The summed E-state index contributed by atoms with van der Waals surface area (Å²) >= 11 is 0. The first-order valence-corrected chi connectivity index (χ1v) is 7.51. The van der Waals surface area contributed by atoms with Gasteiger partial charge in [-0.15, -0.1) is 0 Å². The Morgan fingerprint density at radius 2 is 1.67 bits per heavy atom. The van der Waals surface area contributed by atoms with Crippen LogP contribution in [0, 0.1) is 0 Å². The minimum Gasteiger partial charge on any atom is -0.506 e. The van der Waals surface area contributed by atoms with E-state index in [1.54, 1.807) is 0 Å². The normalized spacial score (nSPS) is 10.3. The molecule has 0 aliphatic carbocycles. The second kappa shape index (κ2) is 7.59. The van der Waals surface area contributed by atoms with Crippen LogP contribution in [0.25, 0.3) is 0 Å². The van der Waals surface area contributed by atoms with Crippen LogP contribution >= 0.6 is 0 Å². The first-order valence-electron chi connectivity index (χ1n) is 7.51. The number of hydrogen-bond donors (Lipinski definition) is 1. The fourth-order valence-corrected chi connectivity index (χ4v) is 2.43. The largest absolute Gasteiger partial charge is 0.506 e. The molecule has 2 rings (SSSR count). The monoisotopic (exact) mass is 329 g/mol. The first kappa shape index (κ1) is 17.5. The van der Waals surface area contributed by atoms with Crippen LogP contribution in [0.5, 0.6) is 17.2 Å². The molecule has 1 aromatic carbocycles. The molecule has 0 bridgehead atoms. The van der Waals surface area contributed by atoms with E-state index in [9.17, 15) is 14.7 Å². The van der Waals surface area contributed by atoms with Crippen molar-refractivity contribution in [1.82, 2.24) is 4.98 Å². The number of ether oxygens (including phenoxy) is 2. The van der Waals surface area contributed by atoms with Gasteiger partial charge in [0.15, 0.2) is 5.78 Å². The molecule has 0 saturated heterocycles. The van der Waals surface area contributed by atoms with E-state index in [0.29, 0.717) is 12.0 Å². The fourth-order valence-electron chi connectivity index (χ4n) is 2.43. The maximum Gasteiger partial charge on any atom is 0.200 e. The number of phenolic OH excluding ortho intramolecular Hbond substituents is 1. The van der Waals surface area contributed by atoms with E-state index in [0.717, 1.165) is 0 Å². The maximum absolute atomic E-state index is 12.8. The van der Waals surface area contributed by atoms with Crippen LogP contribution in [-0.2, 0) is 0 Å². The number of Topliss-reactive ketones (excluding diaryl/α,β-unsaturated/α-hetero) is 1. The molecule has 0 saturated carbocycles. The van der Waals surface area contributed by atoms with Gasteiger partial charge in [-0.2, -0.15) is 0 Å². The van der Waals surface area contributed by atoms with Crippen LogP contribution in [0.15, 0.2) is 30.6 Å². The molecule has 2 aromatic rings. The van der Waals surface area contributed by atoms with Crippen LogP contribution < -0.4 is 9.47 Å². The van der Waals surface area contributed by atoms with Gasteiger partial charge in [-0.05, 0) is 18.6 Å². The van der Waals surface area contributed by atoms with Crippen molar-refractivity contribution in [3.8, 4) is 17.2 Å². The highest BCUT2D eigenvalue weighted by Crippen LogP contribution is 2.40. The van der Waals surface area contributed by atoms with E-state index in [1.807, 2.05) is 6.92 Å². The highest BCUT2D eigenvalue weighted by Gasteiger charge is 2.28.